The molecule has 0 radical (unpaired) electrons. The predicted molar refractivity (Wildman–Crippen MR) is 204 cm³/mol. The van der Waals surface area contributed by atoms with Gasteiger partial charge in [0.05, 0.1) is 13.2 Å². The van der Waals surface area contributed by atoms with Crippen molar-refractivity contribution in [2.45, 2.75) is 22.2 Å². The van der Waals surface area contributed by atoms with E-state index < -0.39 is 27.6 Å². The molecule has 2 atom stereocenters. The Labute approximate surface area is 297 Å². The van der Waals surface area contributed by atoms with Crippen molar-refractivity contribution in [3.05, 3.63) is 145 Å². The topological polar surface area (TPSA) is 72.8 Å². The van der Waals surface area contributed by atoms with Crippen LogP contribution in [0.1, 0.15) is 19.4 Å². The molecule has 0 amide bonds. The van der Waals surface area contributed by atoms with Crippen LogP contribution in [0.25, 0.3) is 21.5 Å². The second-order valence-electron chi connectivity index (χ2n) is 11.2. The van der Waals surface area contributed by atoms with Crippen LogP contribution in [0, 0.1) is 0 Å². The number of carbonyl (C=O) groups is 2. The van der Waals surface area contributed by atoms with Crippen LogP contribution in [0.5, 0.6) is 5.75 Å². The fourth-order valence-corrected chi connectivity index (χ4v) is 15.4. The van der Waals surface area contributed by atoms with E-state index in [9.17, 15) is 5.11 Å². The molecule has 0 aliphatic rings. The van der Waals surface area contributed by atoms with Gasteiger partial charge in [-0.05, 0) is 82.3 Å². The van der Waals surface area contributed by atoms with E-state index in [4.69, 9.17) is 9.47 Å². The maximum Gasteiger partial charge on any atom is 0.365 e. The van der Waals surface area contributed by atoms with Gasteiger partial charge in [-0.2, -0.15) is 0 Å². The Morgan fingerprint density at radius 2 is 0.917 bits per heavy atom. The number of benzene rings is 6. The minimum absolute atomic E-state index is 0.0256. The molecule has 1 N–H and O–H groups in total. The summed E-state index contributed by atoms with van der Waals surface area (Å²) in [4.78, 5) is 30.4. The molecule has 0 saturated heterocycles. The summed E-state index contributed by atoms with van der Waals surface area (Å²) in [6, 6.07) is 44.3. The molecule has 0 aromatic heterocycles. The standard InChI is InChI=1S/C40H33Br2O5P/c1-3-46-37(44)39(41,35-33-26-16-14-24-31(33)32-25-15-17-27-34(32)36(35)43)40(42,38(45)47-4-2)48(28-18-8-5-9-19-28,29-20-10-6-11-21-29)30-22-12-7-13-23-30/h5-27H,3-4H2,1-2H3/p+1. The maximum atomic E-state index is 15.3. The molecular formula is C40H34Br2O5P+. The van der Waals surface area contributed by atoms with Crippen LogP contribution < -0.4 is 15.9 Å². The number of carbonyl (C=O) groups excluding carboxylic acids is 2. The molecule has 0 saturated carbocycles. The minimum Gasteiger partial charge on any atom is -0.507 e. The summed E-state index contributed by atoms with van der Waals surface area (Å²) in [5.74, 6) is -1.58. The third-order valence-corrected chi connectivity index (χ3v) is 18.0. The Bertz CT molecular complexity index is 2000. The highest BCUT2D eigenvalue weighted by atomic mass is 79.9. The summed E-state index contributed by atoms with van der Waals surface area (Å²) in [6.07, 6.45) is 0. The molecule has 0 aliphatic heterocycles. The number of aromatic hydroxyl groups is 1. The van der Waals surface area contributed by atoms with Crippen molar-refractivity contribution in [2.75, 3.05) is 13.2 Å². The minimum atomic E-state index is -3.40. The molecule has 6 rings (SSSR count). The van der Waals surface area contributed by atoms with Gasteiger partial charge in [0.1, 0.15) is 28.9 Å². The zero-order chi connectivity index (χ0) is 33.9. The van der Waals surface area contributed by atoms with Crippen molar-refractivity contribution in [2.24, 2.45) is 0 Å². The second-order valence-corrected chi connectivity index (χ2v) is 17.8. The average Bonchev–Trinajstić information content (AvgIpc) is 3.13. The molecule has 0 spiro atoms. The van der Waals surface area contributed by atoms with Gasteiger partial charge in [0.25, 0.3) is 4.07 Å². The van der Waals surface area contributed by atoms with Crippen LogP contribution in [0.4, 0.5) is 0 Å². The number of hydrogen-bond acceptors (Lipinski definition) is 5. The predicted octanol–water partition coefficient (Wildman–Crippen LogP) is 8.50. The van der Waals surface area contributed by atoms with Gasteiger partial charge >= 0.3 is 11.9 Å². The van der Waals surface area contributed by atoms with E-state index in [0.29, 0.717) is 10.8 Å². The first-order valence-corrected chi connectivity index (χ1v) is 19.1. The molecule has 0 fully saturated rings. The highest BCUT2D eigenvalue weighted by Crippen LogP contribution is 2.77. The van der Waals surface area contributed by atoms with Crippen molar-refractivity contribution in [3.8, 4) is 5.75 Å². The van der Waals surface area contributed by atoms with E-state index in [0.717, 1.165) is 26.7 Å². The van der Waals surface area contributed by atoms with Crippen LogP contribution in [-0.4, -0.2) is 34.3 Å². The highest BCUT2D eigenvalue weighted by molar-refractivity contribution is 9.14. The highest BCUT2D eigenvalue weighted by Gasteiger charge is 2.80. The lowest BCUT2D eigenvalue weighted by Crippen LogP contribution is -2.61. The molecule has 6 aromatic carbocycles. The van der Waals surface area contributed by atoms with Crippen LogP contribution >= 0.6 is 39.1 Å². The number of fused-ring (bicyclic) bond motifs is 3. The fraction of sp³-hybridized carbons (Fsp3) is 0.150. The number of phenolic OH excluding ortho intramolecular Hbond substituents is 1. The third kappa shape index (κ3) is 5.06. The van der Waals surface area contributed by atoms with Gasteiger partial charge in [0.2, 0.25) is 4.32 Å². The first-order valence-electron chi connectivity index (χ1n) is 15.7. The Morgan fingerprint density at radius 3 is 1.35 bits per heavy atom. The summed E-state index contributed by atoms with van der Waals surface area (Å²) in [5, 5.41) is 17.6. The third-order valence-electron chi connectivity index (χ3n) is 8.70. The van der Waals surface area contributed by atoms with Gasteiger partial charge < -0.3 is 14.6 Å². The number of hydrogen-bond donors (Lipinski definition) is 1. The number of ether oxygens (including phenoxy) is 2. The Balaban J connectivity index is 1.92. The van der Waals surface area contributed by atoms with Crippen LogP contribution in [0.3, 0.4) is 0 Å². The average molecular weight is 785 g/mol. The summed E-state index contributed by atoms with van der Waals surface area (Å²) >= 11 is 8.10. The molecule has 2 unspecified atom stereocenters. The Morgan fingerprint density at radius 1 is 0.562 bits per heavy atom. The van der Waals surface area contributed by atoms with Crippen LogP contribution in [0.15, 0.2) is 140 Å². The first-order chi connectivity index (χ1) is 23.3. The first kappa shape index (κ1) is 33.9. The van der Waals surface area contributed by atoms with E-state index in [-0.39, 0.29) is 24.5 Å². The molecule has 8 heteroatoms. The zero-order valence-corrected chi connectivity index (χ0v) is 30.5. The summed E-state index contributed by atoms with van der Waals surface area (Å²) < 4.78 is 7.97. The van der Waals surface area contributed by atoms with Gasteiger partial charge in [0.15, 0.2) is 0 Å². The van der Waals surface area contributed by atoms with Gasteiger partial charge in [0, 0.05) is 10.9 Å². The van der Waals surface area contributed by atoms with Crippen molar-refractivity contribution in [1.82, 2.24) is 0 Å². The quantitative estimate of drug-likeness (QED) is 0.0653. The van der Waals surface area contributed by atoms with Crippen molar-refractivity contribution < 1.29 is 24.2 Å². The number of alkyl halides is 2. The smallest absolute Gasteiger partial charge is 0.365 e. The van der Waals surface area contributed by atoms with Crippen molar-refractivity contribution >= 4 is 88.5 Å². The van der Waals surface area contributed by atoms with E-state index in [1.807, 2.05) is 140 Å². The lowest BCUT2D eigenvalue weighted by Gasteiger charge is -2.46. The number of esters is 2. The largest absolute Gasteiger partial charge is 0.507 e. The van der Waals surface area contributed by atoms with Gasteiger partial charge in [-0.25, -0.2) is 9.59 Å². The number of halogens is 2. The molecule has 0 heterocycles. The van der Waals surface area contributed by atoms with Crippen molar-refractivity contribution in [3.63, 3.8) is 0 Å². The van der Waals surface area contributed by atoms with E-state index in [2.05, 4.69) is 31.9 Å². The lowest BCUT2D eigenvalue weighted by atomic mass is 9.86. The lowest BCUT2D eigenvalue weighted by molar-refractivity contribution is -0.153. The molecule has 5 nitrogen and oxygen atoms in total. The number of rotatable bonds is 10. The normalized spacial score (nSPS) is 14.2. The van der Waals surface area contributed by atoms with Gasteiger partial charge in [-0.15, -0.1) is 0 Å². The second kappa shape index (κ2) is 13.8. The molecular weight excluding hydrogens is 751 g/mol. The van der Waals surface area contributed by atoms with Crippen LogP contribution in [0.2, 0.25) is 0 Å². The SMILES string of the molecule is CCOC(=O)C(Br)(c1c(O)c2ccccc2c2ccccc12)C(Br)(C(=O)OCC)[P+](c1ccccc1)(c1ccccc1)c1ccccc1. The molecule has 48 heavy (non-hydrogen) atoms. The maximum absolute atomic E-state index is 15.3. The summed E-state index contributed by atoms with van der Waals surface area (Å²) in [6.45, 7) is 3.53. The fourth-order valence-electron chi connectivity index (χ4n) is 6.78. The summed E-state index contributed by atoms with van der Waals surface area (Å²) in [5.41, 5.74) is 0.201. The zero-order valence-electron chi connectivity index (χ0n) is 26.5. The molecule has 6 aromatic rings. The van der Waals surface area contributed by atoms with Gasteiger partial charge in [-0.3, -0.25) is 0 Å². The van der Waals surface area contributed by atoms with E-state index in [1.54, 1.807) is 13.8 Å². The van der Waals surface area contributed by atoms with Crippen LogP contribution in [-0.2, 0) is 23.4 Å². The Kier molecular flexibility index (Phi) is 9.76. The van der Waals surface area contributed by atoms with E-state index >= 15 is 9.59 Å². The van der Waals surface area contributed by atoms with E-state index in [1.165, 1.54) is 0 Å². The monoisotopic (exact) mass is 783 g/mol. The molecule has 0 bridgehead atoms. The van der Waals surface area contributed by atoms with Crippen molar-refractivity contribution in [1.29, 1.82) is 0 Å². The molecule has 0 aliphatic carbocycles. The van der Waals surface area contributed by atoms with Gasteiger partial charge in [-0.1, -0.05) is 119 Å². The summed E-state index contributed by atoms with van der Waals surface area (Å²) in [7, 11) is -3.40. The molecule has 242 valence electrons. The Hall–Kier alpha value is -4.03. The number of phenols is 1.